The van der Waals surface area contributed by atoms with E-state index in [0.717, 1.165) is 74.7 Å². The van der Waals surface area contributed by atoms with Gasteiger partial charge in [-0.1, -0.05) is 36.6 Å². The van der Waals surface area contributed by atoms with Crippen LogP contribution in [0.4, 0.5) is 0 Å². The Morgan fingerprint density at radius 2 is 2.00 bits per heavy atom. The summed E-state index contributed by atoms with van der Waals surface area (Å²) in [5.41, 5.74) is 1.77. The van der Waals surface area contributed by atoms with Crippen LogP contribution in [-0.2, 0) is 21.6 Å². The lowest BCUT2D eigenvalue weighted by Crippen LogP contribution is -2.35. The van der Waals surface area contributed by atoms with Gasteiger partial charge in [0, 0.05) is 24.7 Å². The van der Waals surface area contributed by atoms with Gasteiger partial charge in [0.2, 0.25) is 6.08 Å². The molecule has 118 valence electrons. The number of nitrogens with zero attached hydrogens (tertiary/aromatic N) is 2. The molecular weight excluding hydrogens is 300 g/mol. The molecule has 1 saturated carbocycles. The van der Waals surface area contributed by atoms with Crippen molar-refractivity contribution >= 4 is 17.7 Å². The molecule has 1 heterocycles. The summed E-state index contributed by atoms with van der Waals surface area (Å²) in [5.74, 6) is 0. The van der Waals surface area contributed by atoms with Gasteiger partial charge in [0.05, 0.1) is 18.8 Å². The predicted molar refractivity (Wildman–Crippen MR) is 85.8 cm³/mol. The third kappa shape index (κ3) is 3.26. The van der Waals surface area contributed by atoms with Gasteiger partial charge < -0.3 is 4.74 Å². The molecule has 0 atom stereocenters. The largest absolute Gasteiger partial charge is 0.379 e. The maximum atomic E-state index is 10.8. The average Bonchev–Trinajstić information content (AvgIpc) is 3.00. The van der Waals surface area contributed by atoms with Crippen molar-refractivity contribution in [3.8, 4) is 0 Å². The van der Waals surface area contributed by atoms with Crippen molar-refractivity contribution in [3.63, 3.8) is 0 Å². The molecule has 0 spiro atoms. The quantitative estimate of drug-likeness (QED) is 0.631. The minimum absolute atomic E-state index is 0.400. The molecule has 0 radical (unpaired) electrons. The van der Waals surface area contributed by atoms with Crippen LogP contribution < -0.4 is 0 Å². The molecule has 22 heavy (non-hydrogen) atoms. The molecule has 1 aromatic carbocycles. The van der Waals surface area contributed by atoms with Gasteiger partial charge in [-0.25, -0.2) is 4.79 Å². The normalized spacial score (nSPS) is 21.5. The molecule has 2 fully saturated rings. The molecule has 1 aliphatic carbocycles. The average molecular weight is 321 g/mol. The van der Waals surface area contributed by atoms with E-state index in [0.29, 0.717) is 0 Å². The van der Waals surface area contributed by atoms with Gasteiger partial charge in [0.25, 0.3) is 0 Å². The zero-order chi connectivity index (χ0) is 15.4. The summed E-state index contributed by atoms with van der Waals surface area (Å²) >= 11 is 6.49. The molecule has 3 rings (SSSR count). The zero-order valence-electron chi connectivity index (χ0n) is 12.7. The van der Waals surface area contributed by atoms with Crippen LogP contribution in [0, 0.1) is 0 Å². The van der Waals surface area contributed by atoms with Crippen LogP contribution in [0.25, 0.3) is 0 Å². The van der Waals surface area contributed by atoms with E-state index in [1.165, 1.54) is 0 Å². The van der Waals surface area contributed by atoms with Crippen LogP contribution in [0.1, 0.15) is 36.8 Å². The number of halogens is 1. The first-order valence-electron chi connectivity index (χ1n) is 7.92. The molecule has 0 unspecified atom stereocenters. The molecular formula is C17H21ClN2O2. The van der Waals surface area contributed by atoms with Crippen LogP contribution in [0.5, 0.6) is 0 Å². The standard InChI is InChI=1S/C17H21ClN2O2/c18-16-11-15(17(19-13-21)5-1-2-6-17)4-3-14(16)12-20-7-9-22-10-8-20/h3-4,11H,1-2,5-10,12H2. The Kier molecular flexibility index (Phi) is 4.94. The highest BCUT2D eigenvalue weighted by molar-refractivity contribution is 6.31. The first-order chi connectivity index (χ1) is 10.7. The highest BCUT2D eigenvalue weighted by Gasteiger charge is 2.35. The highest BCUT2D eigenvalue weighted by Crippen LogP contribution is 2.43. The van der Waals surface area contributed by atoms with Gasteiger partial charge in [0.1, 0.15) is 0 Å². The Bertz CT molecular complexity index is 572. The second-order valence-electron chi connectivity index (χ2n) is 6.14. The number of hydrogen-bond donors (Lipinski definition) is 0. The van der Waals surface area contributed by atoms with Crippen molar-refractivity contribution in [2.24, 2.45) is 4.99 Å². The number of aliphatic imine (C=N–C) groups is 1. The van der Waals surface area contributed by atoms with Gasteiger partial charge >= 0.3 is 0 Å². The fraction of sp³-hybridized carbons (Fsp3) is 0.588. The third-order valence-corrected chi connectivity index (χ3v) is 5.13. The van der Waals surface area contributed by atoms with Crippen molar-refractivity contribution < 1.29 is 9.53 Å². The van der Waals surface area contributed by atoms with E-state index < -0.39 is 5.54 Å². The van der Waals surface area contributed by atoms with Crippen molar-refractivity contribution in [1.82, 2.24) is 4.90 Å². The van der Waals surface area contributed by atoms with Gasteiger partial charge in [-0.2, -0.15) is 4.99 Å². The second kappa shape index (κ2) is 6.93. The lowest BCUT2D eigenvalue weighted by molar-refractivity contribution is 0.0342. The van der Waals surface area contributed by atoms with Gasteiger partial charge in [-0.05, 0) is 30.0 Å². The summed E-state index contributed by atoms with van der Waals surface area (Å²) in [4.78, 5) is 17.3. The van der Waals surface area contributed by atoms with Crippen LogP contribution in [-0.4, -0.2) is 37.3 Å². The Hall–Kier alpha value is -1.19. The Labute approximate surface area is 136 Å². The number of rotatable bonds is 4. The van der Waals surface area contributed by atoms with E-state index in [9.17, 15) is 4.79 Å². The van der Waals surface area contributed by atoms with Crippen molar-refractivity contribution in [2.75, 3.05) is 26.3 Å². The molecule has 5 heteroatoms. The van der Waals surface area contributed by atoms with Gasteiger partial charge in [-0.15, -0.1) is 0 Å². The molecule has 1 aromatic rings. The fourth-order valence-electron chi connectivity index (χ4n) is 3.48. The number of isocyanates is 1. The summed E-state index contributed by atoms with van der Waals surface area (Å²) in [6, 6.07) is 6.14. The molecule has 1 saturated heterocycles. The maximum Gasteiger partial charge on any atom is 0.235 e. The second-order valence-corrected chi connectivity index (χ2v) is 6.54. The van der Waals surface area contributed by atoms with Crippen molar-refractivity contribution in [2.45, 2.75) is 37.8 Å². The first kappa shape index (κ1) is 15.7. The summed E-state index contributed by atoms with van der Waals surface area (Å²) < 4.78 is 5.37. The lowest BCUT2D eigenvalue weighted by Gasteiger charge is -2.28. The van der Waals surface area contributed by atoms with Gasteiger partial charge in [0.15, 0.2) is 0 Å². The van der Waals surface area contributed by atoms with Crippen molar-refractivity contribution in [3.05, 3.63) is 34.3 Å². The third-order valence-electron chi connectivity index (χ3n) is 4.78. The molecule has 4 nitrogen and oxygen atoms in total. The maximum absolute atomic E-state index is 10.8. The monoisotopic (exact) mass is 320 g/mol. The fourth-order valence-corrected chi connectivity index (χ4v) is 3.72. The summed E-state index contributed by atoms with van der Waals surface area (Å²) in [5, 5.41) is 0.761. The molecule has 2 aliphatic rings. The molecule has 0 amide bonds. The van der Waals surface area contributed by atoms with E-state index in [-0.39, 0.29) is 0 Å². The van der Waals surface area contributed by atoms with Crippen molar-refractivity contribution in [1.29, 1.82) is 0 Å². The topological polar surface area (TPSA) is 41.9 Å². The van der Waals surface area contributed by atoms with Crippen LogP contribution in [0.2, 0.25) is 5.02 Å². The van der Waals surface area contributed by atoms with E-state index in [1.807, 2.05) is 6.07 Å². The van der Waals surface area contributed by atoms with E-state index in [4.69, 9.17) is 16.3 Å². The molecule has 1 aliphatic heterocycles. The number of benzene rings is 1. The van der Waals surface area contributed by atoms with E-state index in [2.05, 4.69) is 22.0 Å². The predicted octanol–water partition coefficient (Wildman–Crippen LogP) is 3.28. The van der Waals surface area contributed by atoms with E-state index >= 15 is 0 Å². The lowest BCUT2D eigenvalue weighted by atomic mass is 9.88. The smallest absolute Gasteiger partial charge is 0.235 e. The molecule has 0 aromatic heterocycles. The van der Waals surface area contributed by atoms with Gasteiger partial charge in [-0.3, -0.25) is 4.90 Å². The number of hydrogen-bond acceptors (Lipinski definition) is 4. The summed E-state index contributed by atoms with van der Waals surface area (Å²) in [6.07, 6.45) is 5.76. The highest BCUT2D eigenvalue weighted by atomic mass is 35.5. The van der Waals surface area contributed by atoms with Crippen LogP contribution in [0.15, 0.2) is 23.2 Å². The summed E-state index contributed by atoms with van der Waals surface area (Å²) in [6.45, 7) is 4.29. The minimum Gasteiger partial charge on any atom is -0.379 e. The Morgan fingerprint density at radius 3 is 2.64 bits per heavy atom. The van der Waals surface area contributed by atoms with E-state index in [1.54, 1.807) is 6.08 Å². The molecule has 0 bridgehead atoms. The van der Waals surface area contributed by atoms with Crippen LogP contribution in [0.3, 0.4) is 0 Å². The number of morpholine rings is 1. The Morgan fingerprint density at radius 1 is 1.27 bits per heavy atom. The number of carbonyl (C=O) groups excluding carboxylic acids is 1. The summed E-state index contributed by atoms with van der Waals surface area (Å²) in [7, 11) is 0. The number of ether oxygens (including phenoxy) is 1. The zero-order valence-corrected chi connectivity index (χ0v) is 13.4. The molecule has 0 N–H and O–H groups in total. The Balaban J connectivity index is 1.80. The van der Waals surface area contributed by atoms with Crippen LogP contribution >= 0.6 is 11.6 Å². The minimum atomic E-state index is -0.400. The SMILES string of the molecule is O=C=NC1(c2ccc(CN3CCOCC3)c(Cl)c2)CCCC1. The first-order valence-corrected chi connectivity index (χ1v) is 8.29.